The Kier molecular flexibility index (Phi) is 8.39. The lowest BCUT2D eigenvalue weighted by Gasteiger charge is -2.30. The molecule has 0 bridgehead atoms. The predicted molar refractivity (Wildman–Crippen MR) is 109 cm³/mol. The van der Waals surface area contributed by atoms with Crippen molar-refractivity contribution in [3.8, 4) is 5.75 Å². The van der Waals surface area contributed by atoms with E-state index in [1.54, 1.807) is 26.1 Å². The van der Waals surface area contributed by atoms with Gasteiger partial charge in [0.2, 0.25) is 5.91 Å². The Morgan fingerprint density at radius 2 is 1.96 bits per heavy atom. The van der Waals surface area contributed by atoms with Gasteiger partial charge in [0.1, 0.15) is 12.3 Å². The summed E-state index contributed by atoms with van der Waals surface area (Å²) in [6.45, 7) is 5.75. The van der Waals surface area contributed by atoms with E-state index in [1.807, 2.05) is 19.1 Å². The number of carbonyl (C=O) groups is 1. The van der Waals surface area contributed by atoms with Crippen LogP contribution in [0.15, 0.2) is 29.3 Å². The molecule has 1 aliphatic heterocycles. The van der Waals surface area contributed by atoms with Crippen molar-refractivity contribution in [2.24, 2.45) is 4.99 Å². The molecule has 1 aromatic rings. The quantitative estimate of drug-likeness (QED) is 0.532. The second-order valence-electron chi connectivity index (χ2n) is 6.87. The third kappa shape index (κ3) is 6.13. The number of likely N-dealkylation sites (tertiary alicyclic amines) is 1. The molecule has 0 spiro atoms. The summed E-state index contributed by atoms with van der Waals surface area (Å²) in [4.78, 5) is 20.3. The zero-order chi connectivity index (χ0) is 19.6. The lowest BCUT2D eigenvalue weighted by atomic mass is 10.0. The molecule has 0 saturated carbocycles. The van der Waals surface area contributed by atoms with Crippen molar-refractivity contribution in [2.45, 2.75) is 25.8 Å². The van der Waals surface area contributed by atoms with Crippen LogP contribution in [0.3, 0.4) is 0 Å². The molecule has 1 aromatic carbocycles. The number of hydrogen-bond donors (Lipinski definition) is 2. The maximum atomic E-state index is 11.8. The molecule has 7 heteroatoms. The van der Waals surface area contributed by atoms with Crippen molar-refractivity contribution in [2.75, 3.05) is 53.9 Å². The second-order valence-corrected chi connectivity index (χ2v) is 6.87. The monoisotopic (exact) mass is 375 g/mol. The summed E-state index contributed by atoms with van der Waals surface area (Å²) in [5.41, 5.74) is 1.18. The van der Waals surface area contributed by atoms with Crippen molar-refractivity contribution in [1.82, 2.24) is 20.4 Å². The topological polar surface area (TPSA) is 69.2 Å². The summed E-state index contributed by atoms with van der Waals surface area (Å²) >= 11 is 0. The van der Waals surface area contributed by atoms with Gasteiger partial charge in [0.05, 0.1) is 13.2 Å². The number of hydrogen-bond acceptors (Lipinski definition) is 4. The first-order chi connectivity index (χ1) is 13.1. The van der Waals surface area contributed by atoms with E-state index in [-0.39, 0.29) is 18.5 Å². The van der Waals surface area contributed by atoms with E-state index in [9.17, 15) is 4.79 Å². The molecule has 0 aliphatic carbocycles. The molecule has 1 heterocycles. The minimum atomic E-state index is -0.0203. The third-order valence-electron chi connectivity index (χ3n) is 4.76. The zero-order valence-corrected chi connectivity index (χ0v) is 17.0. The molecule has 1 saturated heterocycles. The van der Waals surface area contributed by atoms with E-state index in [4.69, 9.17) is 4.74 Å². The van der Waals surface area contributed by atoms with Gasteiger partial charge in [0.25, 0.3) is 0 Å². The number of carbonyl (C=O) groups excluding carboxylic acids is 1. The fraction of sp³-hybridized carbons (Fsp3) is 0.600. The van der Waals surface area contributed by atoms with Crippen LogP contribution in [0.4, 0.5) is 0 Å². The van der Waals surface area contributed by atoms with Gasteiger partial charge >= 0.3 is 0 Å². The van der Waals surface area contributed by atoms with Crippen LogP contribution in [-0.4, -0.2) is 75.6 Å². The number of guanidine groups is 1. The molecular formula is C20H33N5O2. The lowest BCUT2D eigenvalue weighted by Crippen LogP contribution is -2.43. The molecule has 2 N–H and O–H groups in total. The van der Waals surface area contributed by atoms with Crippen LogP contribution in [0.5, 0.6) is 5.75 Å². The van der Waals surface area contributed by atoms with Gasteiger partial charge < -0.3 is 20.3 Å². The highest BCUT2D eigenvalue weighted by molar-refractivity contribution is 5.84. The molecule has 0 radical (unpaired) electrons. The Morgan fingerprint density at radius 1 is 1.26 bits per heavy atom. The van der Waals surface area contributed by atoms with E-state index in [0.717, 1.165) is 25.4 Å². The average molecular weight is 376 g/mol. The first-order valence-corrected chi connectivity index (χ1v) is 9.66. The van der Waals surface area contributed by atoms with E-state index in [2.05, 4.69) is 32.7 Å². The Morgan fingerprint density at radius 3 is 2.59 bits per heavy atom. The molecule has 0 aromatic heterocycles. The van der Waals surface area contributed by atoms with Gasteiger partial charge in [-0.25, -0.2) is 4.99 Å². The maximum absolute atomic E-state index is 11.8. The highest BCUT2D eigenvalue weighted by atomic mass is 16.5. The van der Waals surface area contributed by atoms with Gasteiger partial charge in [0, 0.05) is 32.7 Å². The zero-order valence-electron chi connectivity index (χ0n) is 17.0. The minimum absolute atomic E-state index is 0.0203. The van der Waals surface area contributed by atoms with E-state index in [0.29, 0.717) is 12.5 Å². The highest BCUT2D eigenvalue weighted by Gasteiger charge is 2.26. The number of rotatable bonds is 8. The molecule has 7 nitrogen and oxygen atoms in total. The van der Waals surface area contributed by atoms with Crippen LogP contribution >= 0.6 is 0 Å². The maximum Gasteiger partial charge on any atom is 0.243 e. The van der Waals surface area contributed by atoms with Gasteiger partial charge in [0.15, 0.2) is 5.96 Å². The first kappa shape index (κ1) is 21.0. The number of aliphatic imine (C=N–C) groups is 1. The summed E-state index contributed by atoms with van der Waals surface area (Å²) in [7, 11) is 5.19. The fourth-order valence-electron chi connectivity index (χ4n) is 3.25. The molecule has 150 valence electrons. The van der Waals surface area contributed by atoms with Crippen LogP contribution in [0, 0.1) is 0 Å². The fourth-order valence-corrected chi connectivity index (χ4v) is 3.25. The predicted octanol–water partition coefficient (Wildman–Crippen LogP) is 1.48. The van der Waals surface area contributed by atoms with Gasteiger partial charge in [-0.2, -0.15) is 0 Å². The van der Waals surface area contributed by atoms with Crippen molar-refractivity contribution in [3.05, 3.63) is 29.8 Å². The minimum Gasteiger partial charge on any atom is -0.496 e. The number of amides is 1. The Balaban J connectivity index is 2.13. The largest absolute Gasteiger partial charge is 0.496 e. The SMILES string of the molecule is CCNC(=NCC(=O)N(C)C)NCC(c1ccccc1OC)N1CCCC1. The Hall–Kier alpha value is -2.28. The van der Waals surface area contributed by atoms with Gasteiger partial charge in [-0.1, -0.05) is 18.2 Å². The number of nitrogens with one attached hydrogen (secondary N) is 2. The molecule has 2 rings (SSSR count). The highest BCUT2D eigenvalue weighted by Crippen LogP contribution is 2.31. The van der Waals surface area contributed by atoms with Crippen LogP contribution in [0.25, 0.3) is 0 Å². The van der Waals surface area contributed by atoms with E-state index >= 15 is 0 Å². The summed E-state index contributed by atoms with van der Waals surface area (Å²) < 4.78 is 5.60. The molecule has 1 amide bonds. The summed E-state index contributed by atoms with van der Waals surface area (Å²) in [5.74, 6) is 1.54. The molecule has 27 heavy (non-hydrogen) atoms. The smallest absolute Gasteiger partial charge is 0.243 e. The van der Waals surface area contributed by atoms with Gasteiger partial charge in [-0.3, -0.25) is 9.69 Å². The van der Waals surface area contributed by atoms with E-state index in [1.165, 1.54) is 18.4 Å². The standard InChI is InChI=1S/C20H33N5O2/c1-5-21-20(23-15-19(26)24(2)3)22-14-17(25-12-8-9-13-25)16-10-6-7-11-18(16)27-4/h6-7,10-11,17H,5,8-9,12-15H2,1-4H3,(H2,21,22,23). The summed E-state index contributed by atoms with van der Waals surface area (Å²) in [6.07, 6.45) is 2.44. The molecule has 1 atom stereocenters. The van der Waals surface area contributed by atoms with Crippen LogP contribution in [0.1, 0.15) is 31.4 Å². The number of likely N-dealkylation sites (N-methyl/N-ethyl adjacent to an activating group) is 1. The average Bonchev–Trinajstić information content (AvgIpc) is 3.20. The lowest BCUT2D eigenvalue weighted by molar-refractivity contribution is -0.127. The number of nitrogens with zero attached hydrogens (tertiary/aromatic N) is 3. The van der Waals surface area contributed by atoms with Crippen molar-refractivity contribution in [1.29, 1.82) is 0 Å². The number of ether oxygens (including phenoxy) is 1. The number of benzene rings is 1. The van der Waals surface area contributed by atoms with Gasteiger partial charge in [-0.05, 0) is 38.9 Å². The molecule has 1 aliphatic rings. The second kappa shape index (κ2) is 10.8. The Bertz CT molecular complexity index is 627. The van der Waals surface area contributed by atoms with Crippen LogP contribution < -0.4 is 15.4 Å². The Labute approximate surface area is 162 Å². The van der Waals surface area contributed by atoms with Crippen molar-refractivity contribution >= 4 is 11.9 Å². The van der Waals surface area contributed by atoms with Crippen LogP contribution in [0.2, 0.25) is 0 Å². The number of methoxy groups -OCH3 is 1. The molecule has 1 fully saturated rings. The number of para-hydroxylation sites is 1. The normalized spacial score (nSPS) is 16.1. The molecular weight excluding hydrogens is 342 g/mol. The summed E-state index contributed by atoms with van der Waals surface area (Å²) in [6, 6.07) is 8.37. The van der Waals surface area contributed by atoms with Gasteiger partial charge in [-0.15, -0.1) is 0 Å². The van der Waals surface area contributed by atoms with Crippen molar-refractivity contribution in [3.63, 3.8) is 0 Å². The van der Waals surface area contributed by atoms with Crippen LogP contribution in [-0.2, 0) is 4.79 Å². The first-order valence-electron chi connectivity index (χ1n) is 9.66. The molecule has 1 unspecified atom stereocenters. The third-order valence-corrected chi connectivity index (χ3v) is 4.76. The van der Waals surface area contributed by atoms with Crippen molar-refractivity contribution < 1.29 is 9.53 Å². The van der Waals surface area contributed by atoms with E-state index < -0.39 is 0 Å². The summed E-state index contributed by atoms with van der Waals surface area (Å²) in [5, 5.41) is 6.63.